The molecule has 2 aliphatic carbocycles. The van der Waals surface area contributed by atoms with Crippen molar-refractivity contribution < 1.29 is 9.90 Å². The second-order valence-electron chi connectivity index (χ2n) is 6.34. The van der Waals surface area contributed by atoms with Gasteiger partial charge in [-0.15, -0.1) is 0 Å². The molecule has 4 nitrogen and oxygen atoms in total. The first kappa shape index (κ1) is 12.4. The van der Waals surface area contributed by atoms with Gasteiger partial charge in [-0.3, -0.25) is 14.6 Å². The zero-order chi connectivity index (χ0) is 12.6. The van der Waals surface area contributed by atoms with E-state index in [1.807, 2.05) is 0 Å². The van der Waals surface area contributed by atoms with Gasteiger partial charge in [0.1, 0.15) is 0 Å². The summed E-state index contributed by atoms with van der Waals surface area (Å²) in [6.07, 6.45) is 6.69. The number of nitrogens with zero attached hydrogens (tertiary/aromatic N) is 2. The fourth-order valence-electron chi connectivity index (χ4n) is 3.65. The maximum absolute atomic E-state index is 11.5. The van der Waals surface area contributed by atoms with Crippen LogP contribution in [0.2, 0.25) is 0 Å². The molecule has 102 valence electrons. The predicted octanol–water partition coefficient (Wildman–Crippen LogP) is 1.41. The van der Waals surface area contributed by atoms with E-state index in [0.29, 0.717) is 0 Å². The Morgan fingerprint density at radius 1 is 1.11 bits per heavy atom. The van der Waals surface area contributed by atoms with Gasteiger partial charge in [0.25, 0.3) is 0 Å². The number of carboxylic acid groups (broad SMARTS) is 1. The molecule has 2 saturated carbocycles. The predicted molar refractivity (Wildman–Crippen MR) is 69.6 cm³/mol. The van der Waals surface area contributed by atoms with Crippen molar-refractivity contribution in [3.05, 3.63) is 0 Å². The van der Waals surface area contributed by atoms with Crippen LogP contribution in [0, 0.1) is 5.41 Å². The van der Waals surface area contributed by atoms with Crippen LogP contribution < -0.4 is 0 Å². The van der Waals surface area contributed by atoms with E-state index in [1.165, 1.54) is 12.8 Å². The van der Waals surface area contributed by atoms with E-state index in [0.717, 1.165) is 64.4 Å². The van der Waals surface area contributed by atoms with Gasteiger partial charge in [-0.05, 0) is 25.7 Å². The molecule has 3 aliphatic rings. The molecular formula is C14H24N2O2. The van der Waals surface area contributed by atoms with E-state index in [9.17, 15) is 9.90 Å². The van der Waals surface area contributed by atoms with Gasteiger partial charge in [-0.1, -0.05) is 12.8 Å². The van der Waals surface area contributed by atoms with Gasteiger partial charge in [-0.25, -0.2) is 0 Å². The van der Waals surface area contributed by atoms with E-state index < -0.39 is 11.4 Å². The summed E-state index contributed by atoms with van der Waals surface area (Å²) in [5.41, 5.74) is -0.429. The van der Waals surface area contributed by atoms with Gasteiger partial charge in [0.15, 0.2) is 0 Å². The van der Waals surface area contributed by atoms with Gasteiger partial charge >= 0.3 is 5.97 Å². The lowest BCUT2D eigenvalue weighted by Crippen LogP contribution is -2.51. The minimum atomic E-state index is -0.565. The summed E-state index contributed by atoms with van der Waals surface area (Å²) in [6, 6.07) is 0.854. The molecule has 0 aromatic rings. The van der Waals surface area contributed by atoms with Crippen LogP contribution in [0.25, 0.3) is 0 Å². The largest absolute Gasteiger partial charge is 0.481 e. The third-order valence-electron chi connectivity index (χ3n) is 5.01. The highest BCUT2D eigenvalue weighted by atomic mass is 16.4. The highest BCUT2D eigenvalue weighted by molar-refractivity contribution is 5.75. The van der Waals surface area contributed by atoms with Crippen molar-refractivity contribution in [1.29, 1.82) is 0 Å². The van der Waals surface area contributed by atoms with Gasteiger partial charge < -0.3 is 5.11 Å². The average Bonchev–Trinajstić information content (AvgIpc) is 3.10. The summed E-state index contributed by atoms with van der Waals surface area (Å²) >= 11 is 0. The molecular weight excluding hydrogens is 228 g/mol. The molecule has 0 aromatic heterocycles. The molecule has 1 N–H and O–H groups in total. The van der Waals surface area contributed by atoms with Crippen molar-refractivity contribution in [2.75, 3.05) is 32.7 Å². The van der Waals surface area contributed by atoms with E-state index in [2.05, 4.69) is 9.80 Å². The van der Waals surface area contributed by atoms with Crippen LogP contribution in [0.4, 0.5) is 0 Å². The number of piperazine rings is 1. The Bertz CT molecular complexity index is 314. The first-order valence-electron chi connectivity index (χ1n) is 7.39. The van der Waals surface area contributed by atoms with Crippen molar-refractivity contribution in [2.45, 2.75) is 44.6 Å². The Labute approximate surface area is 109 Å². The van der Waals surface area contributed by atoms with Crippen molar-refractivity contribution in [1.82, 2.24) is 9.80 Å². The van der Waals surface area contributed by atoms with Gasteiger partial charge in [0.2, 0.25) is 0 Å². The lowest BCUT2D eigenvalue weighted by Gasteiger charge is -2.38. The summed E-state index contributed by atoms with van der Waals surface area (Å²) < 4.78 is 0. The van der Waals surface area contributed by atoms with Crippen LogP contribution in [0.5, 0.6) is 0 Å². The number of aliphatic carboxylic acids is 1. The van der Waals surface area contributed by atoms with E-state index in [1.54, 1.807) is 0 Å². The fraction of sp³-hybridized carbons (Fsp3) is 0.929. The quantitative estimate of drug-likeness (QED) is 0.821. The zero-order valence-electron chi connectivity index (χ0n) is 11.1. The molecule has 3 fully saturated rings. The molecule has 4 heteroatoms. The van der Waals surface area contributed by atoms with E-state index >= 15 is 0 Å². The molecule has 0 unspecified atom stereocenters. The Morgan fingerprint density at radius 2 is 1.72 bits per heavy atom. The highest BCUT2D eigenvalue weighted by Crippen LogP contribution is 2.39. The standard InChI is InChI=1S/C14H24N2O2/c17-13(18)14(5-1-2-6-14)11-15-7-9-16(10-8-15)12-3-4-12/h12H,1-11H2,(H,17,18). The summed E-state index contributed by atoms with van der Waals surface area (Å²) in [7, 11) is 0. The minimum absolute atomic E-state index is 0.429. The Hall–Kier alpha value is -0.610. The van der Waals surface area contributed by atoms with Gasteiger partial charge in [0, 0.05) is 38.8 Å². The van der Waals surface area contributed by atoms with E-state index in [-0.39, 0.29) is 0 Å². The maximum Gasteiger partial charge on any atom is 0.310 e. The van der Waals surface area contributed by atoms with Gasteiger partial charge in [0.05, 0.1) is 5.41 Å². The topological polar surface area (TPSA) is 43.8 Å². The molecule has 1 aliphatic heterocycles. The monoisotopic (exact) mass is 252 g/mol. The van der Waals surface area contributed by atoms with Crippen molar-refractivity contribution >= 4 is 5.97 Å². The number of carboxylic acids is 1. The fourth-order valence-corrected chi connectivity index (χ4v) is 3.65. The Kier molecular flexibility index (Phi) is 3.32. The number of carbonyl (C=O) groups is 1. The summed E-state index contributed by atoms with van der Waals surface area (Å²) in [5, 5.41) is 9.51. The first-order valence-corrected chi connectivity index (χ1v) is 7.39. The maximum atomic E-state index is 11.5. The second kappa shape index (κ2) is 4.82. The van der Waals surface area contributed by atoms with Gasteiger partial charge in [-0.2, -0.15) is 0 Å². The molecule has 0 spiro atoms. The third kappa shape index (κ3) is 2.41. The first-order chi connectivity index (χ1) is 8.70. The molecule has 1 heterocycles. The average molecular weight is 252 g/mol. The van der Waals surface area contributed by atoms with Crippen molar-refractivity contribution in [2.24, 2.45) is 5.41 Å². The van der Waals surface area contributed by atoms with Crippen LogP contribution in [-0.4, -0.2) is 59.6 Å². The molecule has 0 bridgehead atoms. The molecule has 0 aromatic carbocycles. The normalized spacial score (nSPS) is 29.6. The summed E-state index contributed by atoms with van der Waals surface area (Å²) in [4.78, 5) is 16.5. The number of hydrogen-bond acceptors (Lipinski definition) is 3. The molecule has 0 amide bonds. The molecule has 0 atom stereocenters. The van der Waals surface area contributed by atoms with E-state index in [4.69, 9.17) is 0 Å². The molecule has 1 saturated heterocycles. The Morgan fingerprint density at radius 3 is 2.22 bits per heavy atom. The van der Waals surface area contributed by atoms with Crippen LogP contribution >= 0.6 is 0 Å². The SMILES string of the molecule is O=C(O)C1(CN2CCN(C3CC3)CC2)CCCC1. The van der Waals surface area contributed by atoms with Crippen molar-refractivity contribution in [3.63, 3.8) is 0 Å². The smallest absolute Gasteiger partial charge is 0.310 e. The lowest BCUT2D eigenvalue weighted by atomic mass is 9.85. The highest BCUT2D eigenvalue weighted by Gasteiger charge is 2.43. The second-order valence-corrected chi connectivity index (χ2v) is 6.34. The zero-order valence-corrected chi connectivity index (χ0v) is 11.1. The Balaban J connectivity index is 1.54. The van der Waals surface area contributed by atoms with Crippen LogP contribution in [-0.2, 0) is 4.79 Å². The third-order valence-corrected chi connectivity index (χ3v) is 5.01. The number of hydrogen-bond donors (Lipinski definition) is 1. The number of rotatable bonds is 4. The molecule has 18 heavy (non-hydrogen) atoms. The lowest BCUT2D eigenvalue weighted by molar-refractivity contribution is -0.150. The van der Waals surface area contributed by atoms with Crippen LogP contribution in [0.15, 0.2) is 0 Å². The molecule has 3 rings (SSSR count). The summed E-state index contributed by atoms with van der Waals surface area (Å²) in [6.45, 7) is 5.18. The minimum Gasteiger partial charge on any atom is -0.481 e. The van der Waals surface area contributed by atoms with Crippen LogP contribution in [0.1, 0.15) is 38.5 Å². The summed E-state index contributed by atoms with van der Waals surface area (Å²) in [5.74, 6) is -0.565. The molecule has 0 radical (unpaired) electrons. The van der Waals surface area contributed by atoms with Crippen LogP contribution in [0.3, 0.4) is 0 Å². The van der Waals surface area contributed by atoms with Crippen molar-refractivity contribution in [3.8, 4) is 0 Å².